The lowest BCUT2D eigenvalue weighted by Gasteiger charge is -2.12. The Morgan fingerprint density at radius 2 is 0.794 bits per heavy atom. The smallest absolute Gasteiger partial charge is 0.164 e. The quantitative estimate of drug-likeness (QED) is 0.161. The van der Waals surface area contributed by atoms with E-state index in [1.165, 1.54) is 27.9 Å². The molecule has 0 aliphatic carbocycles. The molecule has 0 unspecified atom stereocenters. The summed E-state index contributed by atoms with van der Waals surface area (Å²) >= 11 is 0. The van der Waals surface area contributed by atoms with Crippen molar-refractivity contribution < 1.29 is 4.39 Å². The van der Waals surface area contributed by atoms with E-state index in [9.17, 15) is 0 Å². The highest BCUT2D eigenvalue weighted by molar-refractivity contribution is 6.16. The highest BCUT2D eigenvalue weighted by atomic mass is 19.1. The normalized spacial score (nSPS) is 11.6. The molecular formula is C57H36FN5. The van der Waals surface area contributed by atoms with Crippen LogP contribution in [0.15, 0.2) is 218 Å². The van der Waals surface area contributed by atoms with Gasteiger partial charge in [-0.3, -0.25) is 0 Å². The number of benzene rings is 9. The minimum Gasteiger partial charge on any atom is -0.309 e. The van der Waals surface area contributed by atoms with Crippen LogP contribution in [0.5, 0.6) is 0 Å². The fourth-order valence-electron chi connectivity index (χ4n) is 9.16. The van der Waals surface area contributed by atoms with Crippen LogP contribution in [0.3, 0.4) is 0 Å². The van der Waals surface area contributed by atoms with Crippen molar-refractivity contribution in [2.24, 2.45) is 0 Å². The minimum atomic E-state index is -0.371. The molecule has 0 aliphatic heterocycles. The van der Waals surface area contributed by atoms with E-state index in [0.717, 1.165) is 66.6 Å². The highest BCUT2D eigenvalue weighted by Gasteiger charge is 2.19. The highest BCUT2D eigenvalue weighted by Crippen LogP contribution is 2.41. The number of nitrogens with zero attached hydrogens (tertiary/aromatic N) is 5. The standard InChI is InChI=1S/C57H36FN5/c58-43-34-41(33-42(35-43)57-60-55(38-15-4-1-5-16-38)59-56(61-57)39-17-6-2-7-18-39)46-23-14-26-53-54(46)48-22-11-13-25-51(48)63(53)45-30-27-37(28-31-45)40-29-32-52-49(36-40)47-21-10-12-24-50(47)62(52)44-19-8-3-9-20-44/h1-36H. The van der Waals surface area contributed by atoms with Crippen molar-refractivity contribution in [3.8, 4) is 67.8 Å². The Balaban J connectivity index is 0.961. The third-order valence-corrected chi connectivity index (χ3v) is 12.0. The van der Waals surface area contributed by atoms with Crippen molar-refractivity contribution in [2.75, 3.05) is 0 Å². The first-order valence-electron chi connectivity index (χ1n) is 21.0. The molecule has 0 saturated heterocycles. The van der Waals surface area contributed by atoms with E-state index in [1.807, 2.05) is 66.7 Å². The second-order valence-corrected chi connectivity index (χ2v) is 15.8. The van der Waals surface area contributed by atoms with Gasteiger partial charge in [0.25, 0.3) is 0 Å². The Labute approximate surface area is 362 Å². The van der Waals surface area contributed by atoms with Gasteiger partial charge in [0.15, 0.2) is 17.5 Å². The van der Waals surface area contributed by atoms with Gasteiger partial charge in [-0.2, -0.15) is 0 Å². The number of hydrogen-bond acceptors (Lipinski definition) is 3. The third-order valence-electron chi connectivity index (χ3n) is 12.0. The molecule has 0 radical (unpaired) electrons. The zero-order valence-electron chi connectivity index (χ0n) is 33.9. The van der Waals surface area contributed by atoms with E-state index in [-0.39, 0.29) is 5.82 Å². The monoisotopic (exact) mass is 809 g/mol. The molecule has 0 spiro atoms. The molecule has 63 heavy (non-hydrogen) atoms. The van der Waals surface area contributed by atoms with Gasteiger partial charge in [-0.15, -0.1) is 0 Å². The number of fused-ring (bicyclic) bond motifs is 6. The molecule has 9 aromatic carbocycles. The maximum absolute atomic E-state index is 16.0. The molecule has 3 heterocycles. The molecule has 12 rings (SSSR count). The largest absolute Gasteiger partial charge is 0.309 e. The topological polar surface area (TPSA) is 48.5 Å². The van der Waals surface area contributed by atoms with E-state index in [4.69, 9.17) is 15.0 Å². The van der Waals surface area contributed by atoms with Gasteiger partial charge in [0.2, 0.25) is 0 Å². The SMILES string of the molecule is Fc1cc(-c2nc(-c3ccccc3)nc(-c3ccccc3)n2)cc(-c2cccc3c2c2ccccc2n3-c2ccc(-c3ccc4c(c3)c3ccccc3n4-c3ccccc3)cc2)c1. The van der Waals surface area contributed by atoms with Crippen LogP contribution in [-0.4, -0.2) is 24.1 Å². The van der Waals surface area contributed by atoms with E-state index in [0.29, 0.717) is 23.0 Å². The van der Waals surface area contributed by atoms with Gasteiger partial charge in [0, 0.05) is 49.6 Å². The van der Waals surface area contributed by atoms with Gasteiger partial charge in [0.05, 0.1) is 22.1 Å². The van der Waals surface area contributed by atoms with E-state index in [1.54, 1.807) is 6.07 Å². The van der Waals surface area contributed by atoms with Crippen LogP contribution in [0.1, 0.15) is 0 Å². The van der Waals surface area contributed by atoms with Gasteiger partial charge in [-0.05, 0) is 95.1 Å². The predicted molar refractivity (Wildman–Crippen MR) is 256 cm³/mol. The van der Waals surface area contributed by atoms with Crippen molar-refractivity contribution >= 4 is 43.6 Å². The van der Waals surface area contributed by atoms with Crippen LogP contribution < -0.4 is 0 Å². The Morgan fingerprint density at radius 3 is 1.48 bits per heavy atom. The Hall–Kier alpha value is -8.48. The molecule has 0 amide bonds. The van der Waals surface area contributed by atoms with Crippen molar-refractivity contribution in [1.82, 2.24) is 24.1 Å². The molecule has 0 atom stereocenters. The number of halogens is 1. The lowest BCUT2D eigenvalue weighted by atomic mass is 9.97. The summed E-state index contributed by atoms with van der Waals surface area (Å²) in [6.07, 6.45) is 0. The molecule has 0 aliphatic rings. The molecule has 0 N–H and O–H groups in total. The lowest BCUT2D eigenvalue weighted by molar-refractivity contribution is 0.628. The van der Waals surface area contributed by atoms with Crippen molar-refractivity contribution in [2.45, 2.75) is 0 Å². The Bertz CT molecular complexity index is 3610. The third kappa shape index (κ3) is 6.27. The molecule has 0 bridgehead atoms. The summed E-state index contributed by atoms with van der Waals surface area (Å²) in [5, 5.41) is 4.56. The van der Waals surface area contributed by atoms with E-state index >= 15 is 4.39 Å². The van der Waals surface area contributed by atoms with E-state index < -0.39 is 0 Å². The first-order valence-corrected chi connectivity index (χ1v) is 21.0. The zero-order valence-corrected chi connectivity index (χ0v) is 33.9. The van der Waals surface area contributed by atoms with Crippen LogP contribution in [0.4, 0.5) is 4.39 Å². The van der Waals surface area contributed by atoms with Crippen LogP contribution in [-0.2, 0) is 0 Å². The molecular weight excluding hydrogens is 774 g/mol. The van der Waals surface area contributed by atoms with Crippen LogP contribution >= 0.6 is 0 Å². The zero-order chi connectivity index (χ0) is 41.9. The van der Waals surface area contributed by atoms with Crippen molar-refractivity contribution in [1.29, 1.82) is 0 Å². The predicted octanol–water partition coefficient (Wildman–Crippen LogP) is 14.5. The Morgan fingerprint density at radius 1 is 0.302 bits per heavy atom. The number of para-hydroxylation sites is 3. The van der Waals surface area contributed by atoms with Crippen molar-refractivity contribution in [3.05, 3.63) is 224 Å². The average molecular weight is 810 g/mol. The van der Waals surface area contributed by atoms with Gasteiger partial charge in [0.1, 0.15) is 5.82 Å². The summed E-state index contributed by atoms with van der Waals surface area (Å²) in [7, 11) is 0. The Kier molecular flexibility index (Phi) is 8.61. The van der Waals surface area contributed by atoms with Gasteiger partial charge in [-0.1, -0.05) is 146 Å². The van der Waals surface area contributed by atoms with Gasteiger partial charge >= 0.3 is 0 Å². The molecule has 3 aromatic heterocycles. The molecule has 12 aromatic rings. The molecule has 296 valence electrons. The number of aromatic nitrogens is 5. The van der Waals surface area contributed by atoms with Crippen LogP contribution in [0, 0.1) is 5.82 Å². The molecule has 0 fully saturated rings. The molecule has 0 saturated carbocycles. The van der Waals surface area contributed by atoms with Gasteiger partial charge < -0.3 is 9.13 Å². The maximum Gasteiger partial charge on any atom is 0.164 e. The lowest BCUT2D eigenvalue weighted by Crippen LogP contribution is -2.00. The summed E-state index contributed by atoms with van der Waals surface area (Å²) in [6.45, 7) is 0. The van der Waals surface area contributed by atoms with Gasteiger partial charge in [-0.25, -0.2) is 19.3 Å². The molecule has 6 heteroatoms. The maximum atomic E-state index is 16.0. The van der Waals surface area contributed by atoms with Crippen LogP contribution in [0.2, 0.25) is 0 Å². The fraction of sp³-hybridized carbons (Fsp3) is 0. The summed E-state index contributed by atoms with van der Waals surface area (Å²) in [5.74, 6) is 1.08. The first-order chi connectivity index (χ1) is 31.1. The second kappa shape index (κ2) is 14.9. The fourth-order valence-corrected chi connectivity index (χ4v) is 9.16. The summed E-state index contributed by atoms with van der Waals surface area (Å²) in [4.78, 5) is 14.7. The summed E-state index contributed by atoms with van der Waals surface area (Å²) in [5.41, 5.74) is 12.9. The minimum absolute atomic E-state index is 0.371. The van der Waals surface area contributed by atoms with Crippen molar-refractivity contribution in [3.63, 3.8) is 0 Å². The summed E-state index contributed by atoms with van der Waals surface area (Å²) < 4.78 is 20.6. The van der Waals surface area contributed by atoms with Crippen LogP contribution in [0.25, 0.3) is 111 Å². The van der Waals surface area contributed by atoms with E-state index in [2.05, 4.69) is 149 Å². The second-order valence-electron chi connectivity index (χ2n) is 15.8. The summed E-state index contributed by atoms with van der Waals surface area (Å²) in [6, 6.07) is 74.2. The number of hydrogen-bond donors (Lipinski definition) is 0. The average Bonchev–Trinajstić information content (AvgIpc) is 3.87. The number of rotatable bonds is 7. The first kappa shape index (κ1) is 36.4. The molecule has 5 nitrogen and oxygen atoms in total.